The Morgan fingerprint density at radius 3 is 1.82 bits per heavy atom. The van der Waals surface area contributed by atoms with E-state index in [2.05, 4.69) is 29.0 Å². The van der Waals surface area contributed by atoms with Crippen molar-refractivity contribution in [3.8, 4) is 0 Å². The van der Waals surface area contributed by atoms with Crippen molar-refractivity contribution < 1.29 is 0 Å². The van der Waals surface area contributed by atoms with Gasteiger partial charge in [-0.25, -0.2) is 0 Å². The molecule has 2 heteroatoms. The molecule has 0 aromatic heterocycles. The monoisotopic (exact) mass is 240 g/mol. The Labute approximate surface area is 109 Å². The van der Waals surface area contributed by atoms with Crippen LogP contribution in [-0.2, 0) is 0 Å². The van der Waals surface area contributed by atoms with Crippen molar-refractivity contribution in [3.63, 3.8) is 0 Å². The van der Waals surface area contributed by atoms with Crippen molar-refractivity contribution in [2.24, 2.45) is 0 Å². The Kier molecular flexibility index (Phi) is 10.6. The summed E-state index contributed by atoms with van der Waals surface area (Å²) in [5.41, 5.74) is 0. The van der Waals surface area contributed by atoms with Crippen LogP contribution in [0.5, 0.6) is 0 Å². The fourth-order valence-corrected chi connectivity index (χ4v) is 2.40. The molecule has 102 valence electrons. The van der Waals surface area contributed by atoms with Gasteiger partial charge in [0, 0.05) is 25.7 Å². The molecule has 0 radical (unpaired) electrons. The SMILES string of the molecule is CC.CC.CN1CCC(N2CCC=CCC2)C1. The molecule has 17 heavy (non-hydrogen) atoms. The van der Waals surface area contributed by atoms with Crippen LogP contribution in [0, 0.1) is 0 Å². The largest absolute Gasteiger partial charge is 0.305 e. The zero-order chi connectivity index (χ0) is 13.1. The standard InChI is InChI=1S/C11H20N2.2C2H6/c1-12-9-6-11(10-12)13-7-4-2-3-5-8-13;2*1-2/h2-3,11H,4-10H2,1H3;2*1-2H3. The quantitative estimate of drug-likeness (QED) is 0.648. The van der Waals surface area contributed by atoms with E-state index in [1.807, 2.05) is 27.7 Å². The highest BCUT2D eigenvalue weighted by molar-refractivity contribution is 4.91. The van der Waals surface area contributed by atoms with Crippen molar-refractivity contribution in [1.29, 1.82) is 0 Å². The minimum atomic E-state index is 0.838. The molecule has 2 aliphatic heterocycles. The summed E-state index contributed by atoms with van der Waals surface area (Å²) < 4.78 is 0. The second-order valence-electron chi connectivity index (χ2n) is 4.29. The van der Waals surface area contributed by atoms with Crippen LogP contribution in [0.3, 0.4) is 0 Å². The van der Waals surface area contributed by atoms with Crippen LogP contribution in [0.15, 0.2) is 12.2 Å². The summed E-state index contributed by atoms with van der Waals surface area (Å²) in [6.45, 7) is 13.1. The molecule has 0 aromatic carbocycles. The molecule has 0 spiro atoms. The maximum atomic E-state index is 2.67. The Morgan fingerprint density at radius 2 is 1.41 bits per heavy atom. The smallest absolute Gasteiger partial charge is 0.0235 e. The van der Waals surface area contributed by atoms with E-state index in [4.69, 9.17) is 0 Å². The number of likely N-dealkylation sites (tertiary alicyclic amines) is 1. The fourth-order valence-electron chi connectivity index (χ4n) is 2.40. The molecular weight excluding hydrogens is 208 g/mol. The Bertz CT molecular complexity index is 179. The fraction of sp³-hybridized carbons (Fsp3) is 0.867. The van der Waals surface area contributed by atoms with Crippen molar-refractivity contribution in [3.05, 3.63) is 12.2 Å². The molecule has 1 fully saturated rings. The normalized spacial score (nSPS) is 25.4. The van der Waals surface area contributed by atoms with E-state index in [-0.39, 0.29) is 0 Å². The molecule has 0 amide bonds. The summed E-state index contributed by atoms with van der Waals surface area (Å²) in [7, 11) is 2.23. The van der Waals surface area contributed by atoms with Gasteiger partial charge in [0.05, 0.1) is 0 Å². The number of likely N-dealkylation sites (N-methyl/N-ethyl adjacent to an activating group) is 1. The van der Waals surface area contributed by atoms with Crippen molar-refractivity contribution >= 4 is 0 Å². The van der Waals surface area contributed by atoms with E-state index in [1.165, 1.54) is 45.4 Å². The average Bonchev–Trinajstić information content (AvgIpc) is 2.67. The van der Waals surface area contributed by atoms with Gasteiger partial charge in [-0.15, -0.1) is 0 Å². The summed E-state index contributed by atoms with van der Waals surface area (Å²) >= 11 is 0. The van der Waals surface area contributed by atoms with Gasteiger partial charge in [-0.1, -0.05) is 39.8 Å². The van der Waals surface area contributed by atoms with Gasteiger partial charge < -0.3 is 4.90 Å². The summed E-state index contributed by atoms with van der Waals surface area (Å²) in [5, 5.41) is 0. The first-order valence-corrected chi connectivity index (χ1v) is 7.44. The van der Waals surface area contributed by atoms with Crippen LogP contribution in [-0.4, -0.2) is 49.1 Å². The maximum absolute atomic E-state index is 2.67. The maximum Gasteiger partial charge on any atom is 0.0235 e. The van der Waals surface area contributed by atoms with Gasteiger partial charge >= 0.3 is 0 Å². The minimum absolute atomic E-state index is 0.838. The highest BCUT2D eigenvalue weighted by Crippen LogP contribution is 2.16. The molecule has 0 aromatic rings. The lowest BCUT2D eigenvalue weighted by atomic mass is 10.2. The van der Waals surface area contributed by atoms with E-state index >= 15 is 0 Å². The number of nitrogens with zero attached hydrogens (tertiary/aromatic N) is 2. The molecule has 0 aliphatic carbocycles. The third-order valence-corrected chi connectivity index (χ3v) is 3.22. The number of hydrogen-bond acceptors (Lipinski definition) is 2. The minimum Gasteiger partial charge on any atom is -0.305 e. The summed E-state index contributed by atoms with van der Waals surface area (Å²) in [4.78, 5) is 5.12. The van der Waals surface area contributed by atoms with E-state index in [1.54, 1.807) is 0 Å². The summed E-state index contributed by atoms with van der Waals surface area (Å²) in [6.07, 6.45) is 8.54. The number of hydrogen-bond donors (Lipinski definition) is 0. The molecule has 0 bridgehead atoms. The van der Waals surface area contributed by atoms with Crippen molar-refractivity contribution in [1.82, 2.24) is 9.80 Å². The molecule has 2 heterocycles. The Balaban J connectivity index is 0.000000581. The number of rotatable bonds is 1. The lowest BCUT2D eigenvalue weighted by Crippen LogP contribution is -2.37. The summed E-state index contributed by atoms with van der Waals surface area (Å²) in [5.74, 6) is 0. The highest BCUT2D eigenvalue weighted by Gasteiger charge is 2.24. The van der Waals surface area contributed by atoms with Crippen LogP contribution >= 0.6 is 0 Å². The van der Waals surface area contributed by atoms with Crippen molar-refractivity contribution in [2.45, 2.75) is 53.0 Å². The second-order valence-corrected chi connectivity index (χ2v) is 4.29. The predicted octanol–water partition coefficient (Wildman–Crippen LogP) is 3.39. The van der Waals surface area contributed by atoms with E-state index in [0.717, 1.165) is 6.04 Å². The van der Waals surface area contributed by atoms with E-state index < -0.39 is 0 Å². The van der Waals surface area contributed by atoms with Gasteiger partial charge in [-0.05, 0) is 32.9 Å². The lowest BCUT2D eigenvalue weighted by molar-refractivity contribution is 0.208. The van der Waals surface area contributed by atoms with E-state index in [9.17, 15) is 0 Å². The third-order valence-electron chi connectivity index (χ3n) is 3.22. The van der Waals surface area contributed by atoms with Crippen LogP contribution in [0.4, 0.5) is 0 Å². The molecule has 0 saturated carbocycles. The molecule has 2 rings (SSSR count). The average molecular weight is 240 g/mol. The summed E-state index contributed by atoms with van der Waals surface area (Å²) in [6, 6.07) is 0.838. The lowest BCUT2D eigenvalue weighted by Gasteiger charge is -2.26. The predicted molar refractivity (Wildman–Crippen MR) is 78.5 cm³/mol. The highest BCUT2D eigenvalue weighted by atomic mass is 15.2. The Hall–Kier alpha value is -0.340. The first kappa shape index (κ1) is 16.7. The van der Waals surface area contributed by atoms with Crippen LogP contribution in [0.1, 0.15) is 47.0 Å². The molecule has 2 aliphatic rings. The first-order chi connectivity index (χ1) is 8.36. The van der Waals surface area contributed by atoms with Gasteiger partial charge in [0.15, 0.2) is 0 Å². The van der Waals surface area contributed by atoms with E-state index in [0.29, 0.717) is 0 Å². The van der Waals surface area contributed by atoms with Gasteiger partial charge in [0.25, 0.3) is 0 Å². The molecule has 0 N–H and O–H groups in total. The van der Waals surface area contributed by atoms with Gasteiger partial charge in [0.1, 0.15) is 0 Å². The Morgan fingerprint density at radius 1 is 0.882 bits per heavy atom. The zero-order valence-electron chi connectivity index (χ0n) is 12.6. The second kappa shape index (κ2) is 10.8. The topological polar surface area (TPSA) is 6.48 Å². The molecular formula is C15H32N2. The molecule has 1 unspecified atom stereocenters. The molecule has 1 saturated heterocycles. The molecule has 1 atom stereocenters. The van der Waals surface area contributed by atoms with Crippen molar-refractivity contribution in [2.75, 3.05) is 33.2 Å². The third kappa shape index (κ3) is 6.23. The van der Waals surface area contributed by atoms with Crippen LogP contribution in [0.2, 0.25) is 0 Å². The molecule has 2 nitrogen and oxygen atoms in total. The van der Waals surface area contributed by atoms with Gasteiger partial charge in [0.2, 0.25) is 0 Å². The van der Waals surface area contributed by atoms with Gasteiger partial charge in [-0.2, -0.15) is 0 Å². The van der Waals surface area contributed by atoms with Crippen LogP contribution < -0.4 is 0 Å². The first-order valence-electron chi connectivity index (χ1n) is 7.44. The zero-order valence-corrected chi connectivity index (χ0v) is 12.6. The van der Waals surface area contributed by atoms with Gasteiger partial charge in [-0.3, -0.25) is 4.90 Å². The van der Waals surface area contributed by atoms with Crippen LogP contribution in [0.25, 0.3) is 0 Å².